The minimum absolute atomic E-state index is 0.128. The molecule has 0 radical (unpaired) electrons. The number of nitrogens with one attached hydrogen (secondary N) is 1. The van der Waals surface area contributed by atoms with E-state index in [0.29, 0.717) is 34.0 Å². The molecule has 0 aliphatic carbocycles. The van der Waals surface area contributed by atoms with E-state index in [4.69, 9.17) is 22.1 Å². The molecular formula is C20H30ClN3O2. The highest BCUT2D eigenvalue weighted by Crippen LogP contribution is 2.33. The summed E-state index contributed by atoms with van der Waals surface area (Å²) in [7, 11) is 1.54. The van der Waals surface area contributed by atoms with Crippen LogP contribution in [-0.4, -0.2) is 43.1 Å². The fraction of sp³-hybridized carbons (Fsp3) is 0.650. The van der Waals surface area contributed by atoms with Gasteiger partial charge in [0.05, 0.1) is 23.4 Å². The molecule has 1 amide bonds. The predicted molar refractivity (Wildman–Crippen MR) is 106 cm³/mol. The van der Waals surface area contributed by atoms with Crippen LogP contribution in [0.3, 0.4) is 0 Å². The smallest absolute Gasteiger partial charge is 0.255 e. The van der Waals surface area contributed by atoms with E-state index in [9.17, 15) is 4.79 Å². The summed E-state index contributed by atoms with van der Waals surface area (Å²) in [6, 6.07) is 3.82. The van der Waals surface area contributed by atoms with Gasteiger partial charge in [-0.2, -0.15) is 0 Å². The van der Waals surface area contributed by atoms with Gasteiger partial charge < -0.3 is 15.8 Å². The number of carbonyl (C=O) groups excluding carboxylic acids is 1. The highest BCUT2D eigenvalue weighted by atomic mass is 35.5. The summed E-state index contributed by atoms with van der Waals surface area (Å²) in [5, 5.41) is 3.66. The lowest BCUT2D eigenvalue weighted by molar-refractivity contribution is 0.0328. The minimum atomic E-state index is -0.128. The molecule has 4 atom stereocenters. The Kier molecular flexibility index (Phi) is 6.30. The Hall–Kier alpha value is -1.46. The molecule has 0 aromatic heterocycles. The molecule has 2 saturated heterocycles. The first-order chi connectivity index (χ1) is 12.5. The van der Waals surface area contributed by atoms with Crippen molar-refractivity contribution in [2.24, 2.45) is 5.92 Å². The van der Waals surface area contributed by atoms with Gasteiger partial charge in [0, 0.05) is 24.7 Å². The van der Waals surface area contributed by atoms with E-state index >= 15 is 0 Å². The lowest BCUT2D eigenvalue weighted by Crippen LogP contribution is -2.59. The number of unbranched alkanes of at least 4 members (excludes halogenated alkanes) is 1. The van der Waals surface area contributed by atoms with E-state index in [2.05, 4.69) is 17.1 Å². The predicted octanol–water partition coefficient (Wildman–Crippen LogP) is 3.70. The first-order valence-corrected chi connectivity index (χ1v) is 10.1. The third-order valence-electron chi connectivity index (χ3n) is 5.80. The van der Waals surface area contributed by atoms with Crippen LogP contribution in [0.25, 0.3) is 0 Å². The summed E-state index contributed by atoms with van der Waals surface area (Å²) in [6.07, 6.45) is 7.09. The van der Waals surface area contributed by atoms with Crippen molar-refractivity contribution in [3.63, 3.8) is 0 Å². The Bertz CT molecular complexity index is 652. The summed E-state index contributed by atoms with van der Waals surface area (Å²) in [5.41, 5.74) is 6.70. The Labute approximate surface area is 161 Å². The highest BCUT2D eigenvalue weighted by Gasteiger charge is 2.38. The summed E-state index contributed by atoms with van der Waals surface area (Å²) < 4.78 is 5.35. The van der Waals surface area contributed by atoms with Gasteiger partial charge in [-0.05, 0) is 44.2 Å². The van der Waals surface area contributed by atoms with Crippen LogP contribution >= 0.6 is 11.6 Å². The molecule has 2 bridgehead atoms. The van der Waals surface area contributed by atoms with Gasteiger partial charge in [-0.15, -0.1) is 0 Å². The second-order valence-corrected chi connectivity index (χ2v) is 8.01. The van der Waals surface area contributed by atoms with Crippen LogP contribution in [0, 0.1) is 5.92 Å². The number of piperidine rings is 2. The Morgan fingerprint density at radius 1 is 1.46 bits per heavy atom. The Balaban J connectivity index is 1.79. The maximum Gasteiger partial charge on any atom is 0.255 e. The van der Waals surface area contributed by atoms with Crippen molar-refractivity contribution in [3.05, 3.63) is 22.7 Å². The Morgan fingerprint density at radius 2 is 2.27 bits per heavy atom. The van der Waals surface area contributed by atoms with Crippen molar-refractivity contribution in [1.29, 1.82) is 0 Å². The molecule has 2 fully saturated rings. The number of benzene rings is 1. The van der Waals surface area contributed by atoms with Crippen molar-refractivity contribution in [1.82, 2.24) is 10.2 Å². The number of halogens is 1. The molecule has 2 aliphatic heterocycles. The zero-order valence-electron chi connectivity index (χ0n) is 15.8. The van der Waals surface area contributed by atoms with E-state index in [1.807, 2.05) is 0 Å². The van der Waals surface area contributed by atoms with Crippen LogP contribution in [0.5, 0.6) is 5.75 Å². The molecule has 2 heterocycles. The van der Waals surface area contributed by atoms with E-state index in [1.54, 1.807) is 19.2 Å². The van der Waals surface area contributed by atoms with Crippen molar-refractivity contribution in [3.8, 4) is 5.75 Å². The summed E-state index contributed by atoms with van der Waals surface area (Å²) >= 11 is 6.14. The lowest BCUT2D eigenvalue weighted by atomic mass is 9.80. The van der Waals surface area contributed by atoms with Crippen molar-refractivity contribution < 1.29 is 9.53 Å². The van der Waals surface area contributed by atoms with E-state index in [0.717, 1.165) is 19.4 Å². The molecular weight excluding hydrogens is 350 g/mol. The second kappa shape index (κ2) is 8.49. The van der Waals surface area contributed by atoms with Gasteiger partial charge in [0.1, 0.15) is 5.75 Å². The van der Waals surface area contributed by atoms with Gasteiger partial charge in [0.15, 0.2) is 0 Å². The maximum atomic E-state index is 13.0. The summed E-state index contributed by atoms with van der Waals surface area (Å²) in [6.45, 7) is 4.54. The zero-order valence-corrected chi connectivity index (χ0v) is 16.5. The molecule has 3 rings (SSSR count). The van der Waals surface area contributed by atoms with E-state index < -0.39 is 0 Å². The number of fused-ring (bicyclic) bond motifs is 2. The fourth-order valence-electron chi connectivity index (χ4n) is 4.48. The Morgan fingerprint density at radius 3 is 3.00 bits per heavy atom. The van der Waals surface area contributed by atoms with Gasteiger partial charge in [-0.25, -0.2) is 0 Å². The molecule has 26 heavy (non-hydrogen) atoms. The molecule has 5 nitrogen and oxygen atoms in total. The normalized spacial score (nSPS) is 27.8. The molecule has 4 unspecified atom stereocenters. The van der Waals surface area contributed by atoms with E-state index in [1.165, 1.54) is 32.2 Å². The number of nitrogens with zero attached hydrogens (tertiary/aromatic N) is 1. The van der Waals surface area contributed by atoms with Crippen LogP contribution in [0.4, 0.5) is 5.69 Å². The third kappa shape index (κ3) is 4.09. The van der Waals surface area contributed by atoms with Crippen LogP contribution in [-0.2, 0) is 0 Å². The number of amides is 1. The van der Waals surface area contributed by atoms with Crippen LogP contribution < -0.4 is 15.8 Å². The first-order valence-electron chi connectivity index (χ1n) is 9.71. The highest BCUT2D eigenvalue weighted by molar-refractivity contribution is 6.33. The molecule has 3 N–H and O–H groups in total. The molecule has 1 aromatic carbocycles. The maximum absolute atomic E-state index is 13.0. The minimum Gasteiger partial charge on any atom is -0.496 e. The fourth-order valence-corrected chi connectivity index (χ4v) is 4.64. The van der Waals surface area contributed by atoms with Gasteiger partial charge >= 0.3 is 0 Å². The summed E-state index contributed by atoms with van der Waals surface area (Å²) in [4.78, 5) is 15.6. The number of methoxy groups -OCH3 is 1. The molecule has 0 saturated carbocycles. The van der Waals surface area contributed by atoms with Crippen LogP contribution in [0.1, 0.15) is 55.8 Å². The third-order valence-corrected chi connectivity index (χ3v) is 6.13. The molecule has 6 heteroatoms. The number of nitrogens with two attached hydrogens (primary N) is 1. The van der Waals surface area contributed by atoms with E-state index in [-0.39, 0.29) is 11.9 Å². The number of hydrogen-bond donors (Lipinski definition) is 2. The molecule has 1 aromatic rings. The van der Waals surface area contributed by atoms with Gasteiger partial charge in [-0.1, -0.05) is 31.4 Å². The lowest BCUT2D eigenvalue weighted by Gasteiger charge is -2.48. The van der Waals surface area contributed by atoms with Gasteiger partial charge in [0.2, 0.25) is 0 Å². The van der Waals surface area contributed by atoms with Gasteiger partial charge in [0.25, 0.3) is 5.91 Å². The van der Waals surface area contributed by atoms with Crippen LogP contribution in [0.15, 0.2) is 12.1 Å². The number of ether oxygens (including phenoxy) is 1. The standard InChI is InChI=1S/C20H30ClN3O2/c1-3-4-7-18-17(9-13-6-5-8-24(18)12-13)23-20(25)14-10-15(21)16(22)11-19(14)26-2/h10-11,13,17-18H,3-9,12,22H2,1-2H3,(H,23,25). The second-order valence-electron chi connectivity index (χ2n) is 7.60. The average molecular weight is 380 g/mol. The molecule has 0 spiro atoms. The number of nitrogen functional groups attached to an aromatic ring is 1. The van der Waals surface area contributed by atoms with Crippen molar-refractivity contribution >= 4 is 23.2 Å². The quantitative estimate of drug-likeness (QED) is 0.739. The monoisotopic (exact) mass is 379 g/mol. The largest absolute Gasteiger partial charge is 0.496 e. The number of rotatable bonds is 6. The van der Waals surface area contributed by atoms with Crippen molar-refractivity contribution in [2.45, 2.75) is 57.5 Å². The number of hydrogen-bond acceptors (Lipinski definition) is 4. The summed E-state index contributed by atoms with van der Waals surface area (Å²) in [5.74, 6) is 1.02. The van der Waals surface area contributed by atoms with Crippen molar-refractivity contribution in [2.75, 3.05) is 25.9 Å². The molecule has 144 valence electrons. The number of anilines is 1. The molecule has 2 aliphatic rings. The number of carbonyl (C=O) groups is 1. The first kappa shape index (κ1) is 19.3. The average Bonchev–Trinajstić information content (AvgIpc) is 2.63. The van der Waals surface area contributed by atoms with Crippen LogP contribution in [0.2, 0.25) is 5.02 Å². The zero-order chi connectivity index (χ0) is 18.7. The van der Waals surface area contributed by atoms with Gasteiger partial charge in [-0.3, -0.25) is 9.69 Å². The SMILES string of the molecule is CCCCC1C(NC(=O)c2cc(Cl)c(N)cc2OC)CC2CCCN1C2. The topological polar surface area (TPSA) is 67.6 Å².